The minimum atomic E-state index is -0.288. The third kappa shape index (κ3) is 4.92. The van der Waals surface area contributed by atoms with Crippen LogP contribution in [0.2, 0.25) is 5.02 Å². The fraction of sp³-hybridized carbons (Fsp3) is 0.0714. The zero-order valence-corrected chi connectivity index (χ0v) is 15.3. The van der Waals surface area contributed by atoms with E-state index in [1.807, 2.05) is 12.1 Å². The molecule has 2 nitrogen and oxygen atoms in total. The molecule has 21 heavy (non-hydrogen) atoms. The molecule has 2 aromatic rings. The molecule has 0 spiro atoms. The Balaban J connectivity index is 1.92. The van der Waals surface area contributed by atoms with Gasteiger partial charge in [0.2, 0.25) is 0 Å². The summed E-state index contributed by atoms with van der Waals surface area (Å²) in [5.41, 5.74) is 1.71. The standard InChI is InChI=1S/C14H10Br2ClFN2S/c15-10-3-2-9(6-12(10)17)20-14(21)19-7-8-1-4-13(18)11(16)5-8/h1-6H,7H2,(H2,19,20,21). The van der Waals surface area contributed by atoms with Gasteiger partial charge < -0.3 is 10.6 Å². The van der Waals surface area contributed by atoms with E-state index >= 15 is 0 Å². The number of nitrogens with one attached hydrogen (secondary N) is 2. The predicted molar refractivity (Wildman–Crippen MR) is 96.3 cm³/mol. The van der Waals surface area contributed by atoms with Gasteiger partial charge in [-0.25, -0.2) is 4.39 Å². The number of halogens is 4. The summed E-state index contributed by atoms with van der Waals surface area (Å²) in [5, 5.41) is 7.15. The lowest BCUT2D eigenvalue weighted by atomic mass is 10.2. The molecule has 0 radical (unpaired) electrons. The Morgan fingerprint density at radius 3 is 2.57 bits per heavy atom. The zero-order valence-electron chi connectivity index (χ0n) is 10.6. The Bertz CT molecular complexity index is 682. The molecule has 0 aromatic heterocycles. The molecule has 0 unspecified atom stereocenters. The van der Waals surface area contributed by atoms with Crippen LogP contribution in [0.15, 0.2) is 45.3 Å². The summed E-state index contributed by atoms with van der Waals surface area (Å²) in [4.78, 5) is 0. The minimum Gasteiger partial charge on any atom is -0.358 e. The van der Waals surface area contributed by atoms with Crippen molar-refractivity contribution in [2.45, 2.75) is 6.54 Å². The molecule has 7 heteroatoms. The maximum absolute atomic E-state index is 13.1. The second kappa shape index (κ2) is 7.54. The van der Waals surface area contributed by atoms with Crippen LogP contribution in [0.4, 0.5) is 10.1 Å². The molecule has 0 aliphatic heterocycles. The maximum atomic E-state index is 13.1. The van der Waals surface area contributed by atoms with Gasteiger partial charge in [-0.1, -0.05) is 17.7 Å². The predicted octanol–water partition coefficient (Wildman–Crippen LogP) is 5.49. The van der Waals surface area contributed by atoms with Gasteiger partial charge in [0.05, 0.1) is 9.50 Å². The van der Waals surface area contributed by atoms with Gasteiger partial charge in [-0.05, 0) is 80.0 Å². The number of hydrogen-bond donors (Lipinski definition) is 2. The lowest BCUT2D eigenvalue weighted by molar-refractivity contribution is 0.620. The van der Waals surface area contributed by atoms with Crippen LogP contribution in [0.25, 0.3) is 0 Å². The maximum Gasteiger partial charge on any atom is 0.171 e. The molecule has 0 fully saturated rings. The molecule has 0 heterocycles. The monoisotopic (exact) mass is 450 g/mol. The number of rotatable bonds is 3. The Labute approximate surface area is 149 Å². The Hall–Kier alpha value is -0.690. The van der Waals surface area contributed by atoms with Gasteiger partial charge in [0.15, 0.2) is 5.11 Å². The van der Waals surface area contributed by atoms with E-state index in [-0.39, 0.29) is 5.82 Å². The highest BCUT2D eigenvalue weighted by molar-refractivity contribution is 9.10. The number of benzene rings is 2. The summed E-state index contributed by atoms with van der Waals surface area (Å²) in [5.74, 6) is -0.288. The highest BCUT2D eigenvalue weighted by Gasteiger charge is 2.03. The van der Waals surface area contributed by atoms with Gasteiger partial charge in [0.25, 0.3) is 0 Å². The molecule has 0 atom stereocenters. The third-order valence-corrected chi connectivity index (χ3v) is 4.70. The number of anilines is 1. The van der Waals surface area contributed by atoms with Crippen molar-refractivity contribution in [1.82, 2.24) is 5.32 Å². The van der Waals surface area contributed by atoms with Crippen molar-refractivity contribution in [2.75, 3.05) is 5.32 Å². The smallest absolute Gasteiger partial charge is 0.171 e. The van der Waals surface area contributed by atoms with E-state index in [2.05, 4.69) is 42.5 Å². The van der Waals surface area contributed by atoms with E-state index in [0.717, 1.165) is 15.7 Å². The molecule has 2 aromatic carbocycles. The molecule has 0 saturated heterocycles. The summed E-state index contributed by atoms with van der Waals surface area (Å²) in [6.45, 7) is 0.495. The van der Waals surface area contributed by atoms with Gasteiger partial charge in [-0.15, -0.1) is 0 Å². The third-order valence-electron chi connectivity index (χ3n) is 2.61. The van der Waals surface area contributed by atoms with Gasteiger partial charge in [-0.3, -0.25) is 0 Å². The van der Waals surface area contributed by atoms with Crippen LogP contribution in [0, 0.1) is 5.82 Å². The molecule has 0 aliphatic carbocycles. The highest BCUT2D eigenvalue weighted by atomic mass is 79.9. The summed E-state index contributed by atoms with van der Waals surface area (Å²) in [7, 11) is 0. The zero-order chi connectivity index (χ0) is 15.4. The molecule has 2 N–H and O–H groups in total. The second-order valence-corrected chi connectivity index (χ2v) is 6.71. The first-order valence-electron chi connectivity index (χ1n) is 5.89. The molecule has 110 valence electrons. The Morgan fingerprint density at radius 2 is 1.90 bits per heavy atom. The van der Waals surface area contributed by atoms with Crippen molar-refractivity contribution in [3.8, 4) is 0 Å². The van der Waals surface area contributed by atoms with E-state index in [1.165, 1.54) is 6.07 Å². The van der Waals surface area contributed by atoms with Crippen LogP contribution in [0.3, 0.4) is 0 Å². The van der Waals surface area contributed by atoms with E-state index in [0.29, 0.717) is 21.2 Å². The van der Waals surface area contributed by atoms with Crippen LogP contribution >= 0.6 is 55.7 Å². The first kappa shape index (κ1) is 16.7. The highest BCUT2D eigenvalue weighted by Crippen LogP contribution is 2.25. The van der Waals surface area contributed by atoms with Crippen LogP contribution in [-0.4, -0.2) is 5.11 Å². The van der Waals surface area contributed by atoms with Crippen molar-refractivity contribution >= 4 is 66.5 Å². The van der Waals surface area contributed by atoms with E-state index in [4.69, 9.17) is 23.8 Å². The molecule has 0 saturated carbocycles. The van der Waals surface area contributed by atoms with Crippen molar-refractivity contribution < 1.29 is 4.39 Å². The normalized spacial score (nSPS) is 10.3. The summed E-state index contributed by atoms with van der Waals surface area (Å²) < 4.78 is 14.4. The van der Waals surface area contributed by atoms with Crippen LogP contribution in [0.1, 0.15) is 5.56 Å². The Kier molecular flexibility index (Phi) is 5.98. The van der Waals surface area contributed by atoms with Gasteiger partial charge in [0.1, 0.15) is 5.82 Å². The molecule has 0 aliphatic rings. The topological polar surface area (TPSA) is 24.1 Å². The van der Waals surface area contributed by atoms with Crippen LogP contribution < -0.4 is 10.6 Å². The minimum absolute atomic E-state index is 0.288. The van der Waals surface area contributed by atoms with Gasteiger partial charge in [0, 0.05) is 16.7 Å². The fourth-order valence-electron chi connectivity index (χ4n) is 1.58. The van der Waals surface area contributed by atoms with Crippen molar-refractivity contribution in [1.29, 1.82) is 0 Å². The number of hydrogen-bond acceptors (Lipinski definition) is 1. The SMILES string of the molecule is Fc1ccc(CNC(=S)Nc2ccc(Br)c(Cl)c2)cc1Br. The van der Waals surface area contributed by atoms with Crippen molar-refractivity contribution in [3.05, 3.63) is 61.7 Å². The Morgan fingerprint density at radius 1 is 1.14 bits per heavy atom. The lowest BCUT2D eigenvalue weighted by Gasteiger charge is -2.11. The molecule has 0 amide bonds. The lowest BCUT2D eigenvalue weighted by Crippen LogP contribution is -2.27. The van der Waals surface area contributed by atoms with E-state index in [9.17, 15) is 4.39 Å². The average Bonchev–Trinajstić information content (AvgIpc) is 2.44. The molecular weight excluding hydrogens is 442 g/mol. The molecule has 0 bridgehead atoms. The summed E-state index contributed by atoms with van der Waals surface area (Å²) >= 11 is 17.7. The number of thiocarbonyl (C=S) groups is 1. The van der Waals surface area contributed by atoms with Gasteiger partial charge >= 0.3 is 0 Å². The largest absolute Gasteiger partial charge is 0.358 e. The van der Waals surface area contributed by atoms with Crippen LogP contribution in [0.5, 0.6) is 0 Å². The van der Waals surface area contributed by atoms with Gasteiger partial charge in [-0.2, -0.15) is 0 Å². The van der Waals surface area contributed by atoms with E-state index < -0.39 is 0 Å². The molecule has 2 rings (SSSR count). The fourth-order valence-corrected chi connectivity index (χ4v) is 2.62. The second-order valence-electron chi connectivity index (χ2n) is 4.19. The average molecular weight is 453 g/mol. The summed E-state index contributed by atoms with van der Waals surface area (Å²) in [6.07, 6.45) is 0. The quantitative estimate of drug-likeness (QED) is 0.602. The van der Waals surface area contributed by atoms with E-state index in [1.54, 1.807) is 18.2 Å². The first-order valence-corrected chi connectivity index (χ1v) is 8.27. The van der Waals surface area contributed by atoms with Crippen molar-refractivity contribution in [3.63, 3.8) is 0 Å². The molecular formula is C14H10Br2ClFN2S. The summed E-state index contributed by atoms with van der Waals surface area (Å²) in [6, 6.07) is 10.3. The van der Waals surface area contributed by atoms with Crippen LogP contribution in [-0.2, 0) is 6.54 Å². The van der Waals surface area contributed by atoms with Crippen molar-refractivity contribution in [2.24, 2.45) is 0 Å². The first-order chi connectivity index (χ1) is 9.95.